The molecule has 0 bridgehead atoms. The minimum Gasteiger partial charge on any atom is -0.384 e. The minimum absolute atomic E-state index is 0.00610. The highest BCUT2D eigenvalue weighted by atomic mass is 19.1. The van der Waals surface area contributed by atoms with Gasteiger partial charge in [0.05, 0.1) is 6.21 Å². The van der Waals surface area contributed by atoms with Crippen molar-refractivity contribution in [2.75, 3.05) is 7.05 Å². The molecule has 1 amide bonds. The van der Waals surface area contributed by atoms with Gasteiger partial charge in [0.2, 0.25) is 5.91 Å². The number of fused-ring (bicyclic) bond motifs is 1. The van der Waals surface area contributed by atoms with Crippen LogP contribution in [0.25, 0.3) is 11.6 Å². The van der Waals surface area contributed by atoms with Crippen molar-refractivity contribution in [1.82, 2.24) is 10.6 Å². The third-order valence-electron chi connectivity index (χ3n) is 6.71. The summed E-state index contributed by atoms with van der Waals surface area (Å²) in [6.07, 6.45) is 5.98. The number of aliphatic imine (C=N–C) groups is 1. The molecule has 2 N–H and O–H groups in total. The third kappa shape index (κ3) is 9.57. The smallest absolute Gasteiger partial charge is 0.247 e. The van der Waals surface area contributed by atoms with Gasteiger partial charge in [-0.2, -0.15) is 0 Å². The second-order valence-corrected chi connectivity index (χ2v) is 10.3. The van der Waals surface area contributed by atoms with Gasteiger partial charge in [0.25, 0.3) is 0 Å². The van der Waals surface area contributed by atoms with Crippen molar-refractivity contribution in [2.24, 2.45) is 4.99 Å². The Balaban J connectivity index is 0.000000507. The molecule has 0 fully saturated rings. The number of halogens is 1. The predicted molar refractivity (Wildman–Crippen MR) is 171 cm³/mol. The molecular weight excluding hydrogens is 509 g/mol. The SMILES string of the molecule is C=C(/C=C(\C)NCc1ccc(CNC(=O)C2=Cc3ccccc3C2)cc1)c1ccccc1C.CN=CC(F)=C(C)C. The zero-order chi connectivity index (χ0) is 29.8. The molecule has 0 spiro atoms. The van der Waals surface area contributed by atoms with Crippen LogP contribution in [0, 0.1) is 6.92 Å². The largest absolute Gasteiger partial charge is 0.384 e. The van der Waals surface area contributed by atoms with Gasteiger partial charge in [-0.3, -0.25) is 9.79 Å². The van der Waals surface area contributed by atoms with Crippen molar-refractivity contribution in [3.63, 3.8) is 0 Å². The Morgan fingerprint density at radius 3 is 2.12 bits per heavy atom. The highest BCUT2D eigenvalue weighted by Gasteiger charge is 2.17. The highest BCUT2D eigenvalue weighted by molar-refractivity contribution is 6.00. The fourth-order valence-corrected chi connectivity index (χ4v) is 4.30. The summed E-state index contributed by atoms with van der Waals surface area (Å²) in [5.74, 6) is -0.237. The zero-order valence-electron chi connectivity index (χ0n) is 24.7. The lowest BCUT2D eigenvalue weighted by Crippen LogP contribution is -2.24. The molecule has 0 saturated carbocycles. The van der Waals surface area contributed by atoms with Gasteiger partial charge in [-0.15, -0.1) is 0 Å². The first kappa shape index (κ1) is 31.0. The first-order valence-electron chi connectivity index (χ1n) is 13.7. The van der Waals surface area contributed by atoms with Crippen molar-refractivity contribution in [1.29, 1.82) is 0 Å². The Bertz CT molecular complexity index is 1490. The molecule has 4 rings (SSSR count). The summed E-state index contributed by atoms with van der Waals surface area (Å²) < 4.78 is 12.3. The van der Waals surface area contributed by atoms with Crippen molar-refractivity contribution in [3.8, 4) is 0 Å². The van der Waals surface area contributed by atoms with Crippen LogP contribution < -0.4 is 10.6 Å². The summed E-state index contributed by atoms with van der Waals surface area (Å²) in [5.41, 5.74) is 10.6. The van der Waals surface area contributed by atoms with Crippen LogP contribution in [0.1, 0.15) is 54.2 Å². The lowest BCUT2D eigenvalue weighted by atomic mass is 10.0. The number of amides is 1. The molecule has 5 heteroatoms. The average Bonchev–Trinajstić information content (AvgIpc) is 3.41. The van der Waals surface area contributed by atoms with Crippen LogP contribution in [0.5, 0.6) is 0 Å². The fourth-order valence-electron chi connectivity index (χ4n) is 4.30. The summed E-state index contributed by atoms with van der Waals surface area (Å²) >= 11 is 0. The molecule has 0 aromatic heterocycles. The molecule has 0 unspecified atom stereocenters. The van der Waals surface area contributed by atoms with Crippen molar-refractivity contribution < 1.29 is 9.18 Å². The van der Waals surface area contributed by atoms with Crippen LogP contribution in [-0.2, 0) is 24.3 Å². The van der Waals surface area contributed by atoms with E-state index in [9.17, 15) is 9.18 Å². The molecule has 212 valence electrons. The summed E-state index contributed by atoms with van der Waals surface area (Å²) in [5, 5.41) is 6.50. The van der Waals surface area contributed by atoms with Crippen molar-refractivity contribution in [3.05, 3.63) is 142 Å². The molecule has 0 saturated heterocycles. The van der Waals surface area contributed by atoms with Crippen LogP contribution in [0.15, 0.2) is 113 Å². The number of nitrogens with one attached hydrogen (secondary N) is 2. The van der Waals surface area contributed by atoms with Gasteiger partial charge in [0.1, 0.15) is 5.83 Å². The number of nitrogens with zero attached hydrogens (tertiary/aromatic N) is 1. The van der Waals surface area contributed by atoms with Crippen LogP contribution in [0.3, 0.4) is 0 Å². The standard InChI is InChI=1S/C30H30N2O.C6H10FN/c1-21-8-4-7-11-29(21)22(2)16-23(3)31-19-24-12-14-25(15-13-24)20-32-30(33)28-17-26-9-5-6-10-27(26)18-28;1-5(2)6(7)4-8-3/h4-17,31H,2,18-20H2,1,3H3,(H,32,33);4H,1-3H3/b23-16+;. The summed E-state index contributed by atoms with van der Waals surface area (Å²) in [6.45, 7) is 13.0. The Hall–Kier alpha value is -4.51. The van der Waals surface area contributed by atoms with E-state index in [0.717, 1.165) is 34.5 Å². The molecule has 0 aliphatic heterocycles. The average molecular weight is 550 g/mol. The van der Waals surface area contributed by atoms with Gasteiger partial charge >= 0.3 is 0 Å². The number of hydrogen-bond donors (Lipinski definition) is 2. The summed E-state index contributed by atoms with van der Waals surface area (Å²) in [4.78, 5) is 16.0. The maximum absolute atomic E-state index is 12.5. The zero-order valence-corrected chi connectivity index (χ0v) is 24.7. The number of carbonyl (C=O) groups is 1. The van der Waals surface area contributed by atoms with E-state index >= 15 is 0 Å². The monoisotopic (exact) mass is 549 g/mol. The Labute approximate surface area is 244 Å². The van der Waals surface area contributed by atoms with Gasteiger partial charge in [0, 0.05) is 37.8 Å². The van der Waals surface area contributed by atoms with Crippen molar-refractivity contribution >= 4 is 23.8 Å². The number of rotatable bonds is 9. The van der Waals surface area contributed by atoms with Gasteiger partial charge in [-0.05, 0) is 84.4 Å². The molecule has 3 aromatic carbocycles. The molecule has 1 aliphatic rings. The second-order valence-electron chi connectivity index (χ2n) is 10.3. The first-order valence-corrected chi connectivity index (χ1v) is 13.7. The predicted octanol–water partition coefficient (Wildman–Crippen LogP) is 7.91. The maximum atomic E-state index is 12.5. The lowest BCUT2D eigenvalue weighted by Gasteiger charge is -2.11. The molecular formula is C36H40FN3O. The number of benzene rings is 3. The van der Waals surface area contributed by atoms with Crippen LogP contribution in [0.4, 0.5) is 4.39 Å². The van der Waals surface area contributed by atoms with Gasteiger partial charge < -0.3 is 10.6 Å². The third-order valence-corrected chi connectivity index (χ3v) is 6.71. The molecule has 0 radical (unpaired) electrons. The molecule has 4 nitrogen and oxygen atoms in total. The van der Waals surface area contributed by atoms with E-state index in [1.807, 2.05) is 30.3 Å². The minimum atomic E-state index is -0.243. The first-order chi connectivity index (χ1) is 19.7. The number of aryl methyl sites for hydroxylation is 1. The highest BCUT2D eigenvalue weighted by Crippen LogP contribution is 2.24. The van der Waals surface area contributed by atoms with E-state index in [-0.39, 0.29) is 11.7 Å². The quantitative estimate of drug-likeness (QED) is 0.211. The van der Waals surface area contributed by atoms with E-state index in [1.165, 1.54) is 28.5 Å². The van der Waals surface area contributed by atoms with E-state index in [4.69, 9.17) is 0 Å². The fraction of sp³-hybridized carbons (Fsp3) is 0.222. The topological polar surface area (TPSA) is 53.5 Å². The normalized spacial score (nSPS) is 12.1. The second kappa shape index (κ2) is 15.3. The number of allylic oxidation sites excluding steroid dienone is 5. The summed E-state index contributed by atoms with van der Waals surface area (Å²) in [6, 6.07) is 24.8. The van der Waals surface area contributed by atoms with Gasteiger partial charge in [0.15, 0.2) is 0 Å². The molecule has 0 heterocycles. The lowest BCUT2D eigenvalue weighted by molar-refractivity contribution is -0.117. The summed E-state index contributed by atoms with van der Waals surface area (Å²) in [7, 11) is 1.54. The molecule has 41 heavy (non-hydrogen) atoms. The van der Waals surface area contributed by atoms with Gasteiger partial charge in [-0.1, -0.05) is 79.4 Å². The van der Waals surface area contributed by atoms with E-state index < -0.39 is 0 Å². The Morgan fingerprint density at radius 2 is 1.54 bits per heavy atom. The number of hydrogen-bond acceptors (Lipinski definition) is 3. The molecule has 3 aromatic rings. The maximum Gasteiger partial charge on any atom is 0.247 e. The van der Waals surface area contributed by atoms with Crippen LogP contribution in [-0.4, -0.2) is 19.2 Å². The van der Waals surface area contributed by atoms with E-state index in [2.05, 4.69) is 90.7 Å². The Morgan fingerprint density at radius 1 is 0.927 bits per heavy atom. The van der Waals surface area contributed by atoms with E-state index in [0.29, 0.717) is 18.5 Å². The van der Waals surface area contributed by atoms with Gasteiger partial charge in [-0.25, -0.2) is 4.39 Å². The molecule has 0 atom stereocenters. The molecule has 1 aliphatic carbocycles. The Kier molecular flexibility index (Phi) is 11.6. The number of carbonyl (C=O) groups excluding carboxylic acids is 1. The van der Waals surface area contributed by atoms with Crippen molar-refractivity contribution in [2.45, 2.75) is 47.2 Å². The van der Waals surface area contributed by atoms with E-state index in [1.54, 1.807) is 20.9 Å². The van der Waals surface area contributed by atoms with Crippen LogP contribution in [0.2, 0.25) is 0 Å². The van der Waals surface area contributed by atoms with Crippen LogP contribution >= 0.6 is 0 Å².